The van der Waals surface area contributed by atoms with Crippen LogP contribution in [0.25, 0.3) is 28.7 Å². The predicted octanol–water partition coefficient (Wildman–Crippen LogP) is 6.97. The molecule has 0 amide bonds. The predicted molar refractivity (Wildman–Crippen MR) is 135 cm³/mol. The molecule has 0 spiro atoms. The van der Waals surface area contributed by atoms with Crippen molar-refractivity contribution in [1.82, 2.24) is 9.38 Å². The van der Waals surface area contributed by atoms with Crippen LogP contribution in [0.2, 0.25) is 0 Å². The minimum atomic E-state index is 0.832. The fourth-order valence-corrected chi connectivity index (χ4v) is 4.46. The molecule has 0 saturated carbocycles. The normalized spacial score (nSPS) is 12.7. The van der Waals surface area contributed by atoms with Gasteiger partial charge in [-0.3, -0.25) is 9.30 Å². The summed E-state index contributed by atoms with van der Waals surface area (Å²) < 4.78 is 7.66. The van der Waals surface area contributed by atoms with Crippen LogP contribution in [0, 0.1) is 6.92 Å². The summed E-state index contributed by atoms with van der Waals surface area (Å²) in [5.74, 6) is 1.87. The Bertz CT molecular complexity index is 1480. The third-order valence-electron chi connectivity index (χ3n) is 6.11. The van der Waals surface area contributed by atoms with Gasteiger partial charge < -0.3 is 4.74 Å². The summed E-state index contributed by atoms with van der Waals surface area (Å²) in [6.07, 6.45) is 2.24. The van der Waals surface area contributed by atoms with Gasteiger partial charge in [0, 0.05) is 11.3 Å². The molecule has 0 atom stereocenters. The molecule has 33 heavy (non-hydrogen) atoms. The summed E-state index contributed by atoms with van der Waals surface area (Å²) in [5, 5.41) is 0. The molecule has 1 aliphatic rings. The van der Waals surface area contributed by atoms with Gasteiger partial charge in [-0.2, -0.15) is 0 Å². The van der Waals surface area contributed by atoms with Crippen LogP contribution in [0.4, 0.5) is 11.5 Å². The Hall–Kier alpha value is -4.31. The molecule has 5 aromatic rings. The fourth-order valence-electron chi connectivity index (χ4n) is 4.46. The van der Waals surface area contributed by atoms with Crippen molar-refractivity contribution >= 4 is 28.9 Å². The number of aryl methyl sites for hydroxylation is 1. The van der Waals surface area contributed by atoms with Crippen LogP contribution in [-0.2, 0) is 0 Å². The number of imidazole rings is 1. The zero-order valence-corrected chi connectivity index (χ0v) is 18.6. The Labute approximate surface area is 193 Å². The highest BCUT2D eigenvalue weighted by Gasteiger charge is 2.29. The van der Waals surface area contributed by atoms with Crippen molar-refractivity contribution in [3.8, 4) is 17.0 Å². The monoisotopic (exact) mass is 429 g/mol. The zero-order valence-electron chi connectivity index (χ0n) is 18.6. The number of pyridine rings is 1. The lowest BCUT2D eigenvalue weighted by atomic mass is 10.0. The first kappa shape index (κ1) is 19.4. The second-order valence-electron chi connectivity index (χ2n) is 8.22. The summed E-state index contributed by atoms with van der Waals surface area (Å²) in [4.78, 5) is 7.37. The average Bonchev–Trinajstić information content (AvgIpc) is 3.26. The largest absolute Gasteiger partial charge is 0.497 e. The van der Waals surface area contributed by atoms with Crippen LogP contribution in [0.3, 0.4) is 0 Å². The molecule has 6 rings (SSSR count). The Morgan fingerprint density at radius 3 is 2.21 bits per heavy atom. The number of aromatic nitrogens is 2. The molecule has 1 aliphatic heterocycles. The van der Waals surface area contributed by atoms with Crippen LogP contribution in [0.1, 0.15) is 16.8 Å². The van der Waals surface area contributed by atoms with Gasteiger partial charge in [0.05, 0.1) is 18.5 Å². The minimum Gasteiger partial charge on any atom is -0.497 e. The first-order chi connectivity index (χ1) is 16.2. The summed E-state index contributed by atoms with van der Waals surface area (Å²) in [6.45, 7) is 2.11. The van der Waals surface area contributed by atoms with Gasteiger partial charge >= 0.3 is 0 Å². The van der Waals surface area contributed by atoms with Gasteiger partial charge in [0.2, 0.25) is 0 Å². The number of benzene rings is 3. The first-order valence-electron chi connectivity index (χ1n) is 11.0. The molecule has 2 aromatic heterocycles. The zero-order chi connectivity index (χ0) is 22.4. The molecule has 3 heterocycles. The average molecular weight is 430 g/mol. The summed E-state index contributed by atoms with van der Waals surface area (Å²) in [5.41, 5.74) is 8.64. The van der Waals surface area contributed by atoms with E-state index in [4.69, 9.17) is 9.72 Å². The van der Waals surface area contributed by atoms with Gasteiger partial charge in [-0.1, -0.05) is 66.2 Å². The second kappa shape index (κ2) is 7.68. The third kappa shape index (κ3) is 3.19. The molecule has 3 aromatic carbocycles. The summed E-state index contributed by atoms with van der Waals surface area (Å²) in [7, 11) is 1.69. The number of ether oxygens (including phenoxy) is 1. The van der Waals surface area contributed by atoms with Crippen molar-refractivity contribution in [2.75, 3.05) is 12.0 Å². The van der Waals surface area contributed by atoms with E-state index in [1.807, 2.05) is 18.2 Å². The van der Waals surface area contributed by atoms with Crippen LogP contribution >= 0.6 is 0 Å². The third-order valence-corrected chi connectivity index (χ3v) is 6.11. The van der Waals surface area contributed by atoms with E-state index in [9.17, 15) is 0 Å². The standard InChI is InChI=1S/C29H23N3O/c1-20-11-13-21(14-12-20)26-19-24-9-6-10-27-30-28(22-7-4-3-5-8-22)29(32(24)27)31(26)23-15-17-25(33-2)18-16-23/h3-19H,1-2H3. The van der Waals surface area contributed by atoms with E-state index in [-0.39, 0.29) is 0 Å². The molecular formula is C29H23N3O. The quantitative estimate of drug-likeness (QED) is 0.309. The molecule has 4 heteroatoms. The van der Waals surface area contributed by atoms with Crippen LogP contribution < -0.4 is 9.64 Å². The molecular weight excluding hydrogens is 406 g/mol. The second-order valence-corrected chi connectivity index (χ2v) is 8.22. The molecule has 0 N–H and O–H groups in total. The highest BCUT2D eigenvalue weighted by molar-refractivity contribution is 6.01. The molecule has 0 unspecified atom stereocenters. The maximum Gasteiger partial charge on any atom is 0.151 e. The Morgan fingerprint density at radius 2 is 1.48 bits per heavy atom. The lowest BCUT2D eigenvalue weighted by molar-refractivity contribution is 0.415. The SMILES string of the molecule is COc1ccc(N2C(c3ccc(C)cc3)=Cc3cccc4nc(-c5ccccc5)c2n34)cc1. The maximum absolute atomic E-state index is 5.42. The van der Waals surface area contributed by atoms with Crippen molar-refractivity contribution in [3.63, 3.8) is 0 Å². The number of anilines is 2. The number of nitrogens with zero attached hydrogens (tertiary/aromatic N) is 3. The van der Waals surface area contributed by atoms with Crippen molar-refractivity contribution in [3.05, 3.63) is 114 Å². The molecule has 0 fully saturated rings. The van der Waals surface area contributed by atoms with E-state index >= 15 is 0 Å². The van der Waals surface area contributed by atoms with Gasteiger partial charge in [0.25, 0.3) is 0 Å². The van der Waals surface area contributed by atoms with Gasteiger partial charge in [0.15, 0.2) is 5.82 Å². The van der Waals surface area contributed by atoms with E-state index in [0.29, 0.717) is 0 Å². The fraction of sp³-hybridized carbons (Fsp3) is 0.0690. The Balaban J connectivity index is 1.66. The van der Waals surface area contributed by atoms with E-state index in [1.54, 1.807) is 7.11 Å². The van der Waals surface area contributed by atoms with Crippen molar-refractivity contribution in [2.24, 2.45) is 0 Å². The highest BCUT2D eigenvalue weighted by Crippen LogP contribution is 2.45. The van der Waals surface area contributed by atoms with Gasteiger partial charge in [0.1, 0.15) is 17.1 Å². The number of methoxy groups -OCH3 is 1. The number of hydrogen-bond donors (Lipinski definition) is 0. The molecule has 0 aliphatic carbocycles. The van der Waals surface area contributed by atoms with Crippen molar-refractivity contribution in [1.29, 1.82) is 0 Å². The molecule has 0 saturated heterocycles. The van der Waals surface area contributed by atoms with Gasteiger partial charge in [-0.05, 0) is 55.0 Å². The number of hydrogen-bond acceptors (Lipinski definition) is 3. The van der Waals surface area contributed by atoms with Crippen LogP contribution in [0.15, 0.2) is 97.1 Å². The summed E-state index contributed by atoms with van der Waals surface area (Å²) in [6, 6.07) is 33.6. The number of rotatable bonds is 4. The molecule has 0 bridgehead atoms. The topological polar surface area (TPSA) is 29.8 Å². The Kier molecular flexibility index (Phi) is 4.51. The van der Waals surface area contributed by atoms with Gasteiger partial charge in [-0.25, -0.2) is 4.98 Å². The van der Waals surface area contributed by atoms with Crippen LogP contribution in [-0.4, -0.2) is 16.5 Å². The van der Waals surface area contributed by atoms with Crippen molar-refractivity contribution < 1.29 is 4.74 Å². The lowest BCUT2D eigenvalue weighted by Crippen LogP contribution is -2.21. The molecule has 160 valence electrons. The smallest absolute Gasteiger partial charge is 0.151 e. The lowest BCUT2D eigenvalue weighted by Gasteiger charge is -2.32. The molecule has 0 radical (unpaired) electrons. The minimum absolute atomic E-state index is 0.832. The van der Waals surface area contributed by atoms with E-state index in [0.717, 1.165) is 51.1 Å². The van der Waals surface area contributed by atoms with E-state index < -0.39 is 0 Å². The van der Waals surface area contributed by atoms with Crippen LogP contribution in [0.5, 0.6) is 5.75 Å². The molecule has 4 nitrogen and oxygen atoms in total. The van der Waals surface area contributed by atoms with Gasteiger partial charge in [-0.15, -0.1) is 0 Å². The summed E-state index contributed by atoms with van der Waals surface area (Å²) >= 11 is 0. The highest BCUT2D eigenvalue weighted by atomic mass is 16.5. The Morgan fingerprint density at radius 1 is 0.727 bits per heavy atom. The first-order valence-corrected chi connectivity index (χ1v) is 11.0. The maximum atomic E-state index is 5.42. The van der Waals surface area contributed by atoms with E-state index in [2.05, 4.69) is 101 Å². The van der Waals surface area contributed by atoms with Crippen molar-refractivity contribution in [2.45, 2.75) is 6.92 Å². The van der Waals surface area contributed by atoms with E-state index in [1.165, 1.54) is 5.56 Å².